The van der Waals surface area contributed by atoms with Crippen LogP contribution in [0.1, 0.15) is 367 Å². The van der Waals surface area contributed by atoms with Gasteiger partial charge in [0.25, 0.3) is 0 Å². The highest BCUT2D eigenvalue weighted by atomic mass is 16.5. The van der Waals surface area contributed by atoms with Crippen LogP contribution in [0.4, 0.5) is 0 Å². The Morgan fingerprint density at radius 3 is 1.00 bits per heavy atom. The van der Waals surface area contributed by atoms with Gasteiger partial charge in [-0.2, -0.15) is 0 Å². The predicted molar refractivity (Wildman–Crippen MR) is 310 cm³/mol. The summed E-state index contributed by atoms with van der Waals surface area (Å²) in [6.45, 7) is 4.98. The van der Waals surface area contributed by atoms with E-state index in [1.807, 2.05) is 0 Å². The fourth-order valence-corrected chi connectivity index (χ4v) is 10.3. The lowest BCUT2D eigenvalue weighted by Crippen LogP contribution is -2.45. The van der Waals surface area contributed by atoms with Crippen molar-refractivity contribution in [2.45, 2.75) is 379 Å². The van der Waals surface area contributed by atoms with Gasteiger partial charge in [0.1, 0.15) is 0 Å². The predicted octanol–water partition coefficient (Wildman–Crippen LogP) is 20.4. The first kappa shape index (κ1) is 69.6. The lowest BCUT2D eigenvalue weighted by atomic mass is 10.0. The highest BCUT2D eigenvalue weighted by Gasteiger charge is 2.20. The molecule has 2 atom stereocenters. The normalized spacial score (nSPS) is 12.6. The standard InChI is InChI=1S/C65H127NO5/c1-3-5-7-9-11-13-15-17-19-20-21-23-26-30-33-37-41-45-49-53-57-63(68)62(61-67)66-64(69)58-54-50-46-42-38-34-31-27-24-22-25-28-32-36-40-44-48-52-56-60-71-65(70)59-55-51-47-43-39-35-29-18-16-14-12-10-8-6-4-2/h22,24,62-63,67-68H,3-21,23,25-61H2,1-2H3,(H,66,69)/b24-22-. The molecule has 0 spiro atoms. The van der Waals surface area contributed by atoms with E-state index in [0.29, 0.717) is 25.9 Å². The number of hydrogen-bond donors (Lipinski definition) is 3. The van der Waals surface area contributed by atoms with Crippen molar-refractivity contribution >= 4 is 11.9 Å². The number of amides is 1. The molecule has 0 heterocycles. The molecule has 1 amide bonds. The Balaban J connectivity index is 3.42. The van der Waals surface area contributed by atoms with Crippen LogP contribution in [0.15, 0.2) is 12.2 Å². The molecule has 3 N–H and O–H groups in total. The van der Waals surface area contributed by atoms with E-state index in [4.69, 9.17) is 4.74 Å². The Morgan fingerprint density at radius 1 is 0.380 bits per heavy atom. The number of allylic oxidation sites excluding steroid dienone is 2. The summed E-state index contributed by atoms with van der Waals surface area (Å²) in [5, 5.41) is 23.4. The third-order valence-electron chi connectivity index (χ3n) is 15.3. The average Bonchev–Trinajstić information content (AvgIpc) is 3.37. The van der Waals surface area contributed by atoms with Crippen molar-refractivity contribution in [1.29, 1.82) is 0 Å². The Kier molecular flexibility index (Phi) is 59.9. The zero-order chi connectivity index (χ0) is 51.4. The Labute approximate surface area is 444 Å². The molecule has 422 valence electrons. The average molecular weight is 1000 g/mol. The van der Waals surface area contributed by atoms with Gasteiger partial charge in [-0.25, -0.2) is 0 Å². The first-order chi connectivity index (χ1) is 35.0. The van der Waals surface area contributed by atoms with Gasteiger partial charge in [-0.1, -0.05) is 315 Å². The summed E-state index contributed by atoms with van der Waals surface area (Å²) in [5.74, 6) is -0.0326. The van der Waals surface area contributed by atoms with Crippen molar-refractivity contribution in [2.24, 2.45) is 0 Å². The molecule has 0 aromatic rings. The van der Waals surface area contributed by atoms with Gasteiger partial charge in [0, 0.05) is 12.8 Å². The minimum Gasteiger partial charge on any atom is -0.466 e. The van der Waals surface area contributed by atoms with Crippen LogP contribution in [0, 0.1) is 0 Å². The third-order valence-corrected chi connectivity index (χ3v) is 15.3. The number of carbonyl (C=O) groups excluding carboxylic acids is 2. The molecule has 6 nitrogen and oxygen atoms in total. The van der Waals surface area contributed by atoms with Gasteiger partial charge in [-0.15, -0.1) is 0 Å². The maximum Gasteiger partial charge on any atom is 0.305 e. The second kappa shape index (κ2) is 61.1. The minimum atomic E-state index is -0.671. The molecule has 0 aromatic carbocycles. The molecule has 0 saturated heterocycles. The highest BCUT2D eigenvalue weighted by molar-refractivity contribution is 5.76. The van der Waals surface area contributed by atoms with Crippen LogP contribution in [0.25, 0.3) is 0 Å². The Hall–Kier alpha value is -1.40. The first-order valence-electron chi connectivity index (χ1n) is 32.4. The van der Waals surface area contributed by atoms with E-state index in [1.165, 1.54) is 295 Å². The quantitative estimate of drug-likeness (QED) is 0.0320. The van der Waals surface area contributed by atoms with Gasteiger partial charge < -0.3 is 20.3 Å². The summed E-state index contributed by atoms with van der Waals surface area (Å²) >= 11 is 0. The zero-order valence-corrected chi connectivity index (χ0v) is 48.2. The Morgan fingerprint density at radius 2 is 0.662 bits per heavy atom. The molecule has 0 saturated carbocycles. The van der Waals surface area contributed by atoms with E-state index in [1.54, 1.807) is 0 Å². The summed E-state index contributed by atoms with van der Waals surface area (Å²) in [4.78, 5) is 24.6. The van der Waals surface area contributed by atoms with Crippen molar-refractivity contribution in [1.82, 2.24) is 5.32 Å². The molecule has 71 heavy (non-hydrogen) atoms. The molecule has 0 aliphatic heterocycles. The van der Waals surface area contributed by atoms with Crippen molar-refractivity contribution in [2.75, 3.05) is 13.2 Å². The second-order valence-corrected chi connectivity index (χ2v) is 22.5. The number of nitrogens with one attached hydrogen (secondary N) is 1. The van der Waals surface area contributed by atoms with Crippen molar-refractivity contribution < 1.29 is 24.5 Å². The molecule has 0 fully saturated rings. The summed E-state index contributed by atoms with van der Waals surface area (Å²) in [7, 11) is 0. The maximum absolute atomic E-state index is 12.5. The number of ether oxygens (including phenoxy) is 1. The van der Waals surface area contributed by atoms with E-state index in [-0.39, 0.29) is 18.5 Å². The lowest BCUT2D eigenvalue weighted by Gasteiger charge is -2.22. The zero-order valence-electron chi connectivity index (χ0n) is 48.2. The summed E-state index contributed by atoms with van der Waals surface area (Å²) in [5.41, 5.74) is 0. The van der Waals surface area contributed by atoms with Crippen LogP contribution in [0.3, 0.4) is 0 Å². The van der Waals surface area contributed by atoms with E-state index in [9.17, 15) is 19.8 Å². The molecule has 0 bridgehead atoms. The number of aliphatic hydroxyl groups is 2. The fraction of sp³-hybridized carbons (Fsp3) is 0.938. The van der Waals surface area contributed by atoms with Gasteiger partial charge in [0.15, 0.2) is 0 Å². The smallest absolute Gasteiger partial charge is 0.305 e. The van der Waals surface area contributed by atoms with Crippen molar-refractivity contribution in [3.8, 4) is 0 Å². The van der Waals surface area contributed by atoms with Crippen molar-refractivity contribution in [3.63, 3.8) is 0 Å². The molecule has 0 radical (unpaired) electrons. The number of esters is 1. The van der Waals surface area contributed by atoms with E-state index in [0.717, 1.165) is 38.5 Å². The van der Waals surface area contributed by atoms with E-state index in [2.05, 4.69) is 31.3 Å². The summed E-state index contributed by atoms with van der Waals surface area (Å²) in [6, 6.07) is -0.549. The maximum atomic E-state index is 12.5. The topological polar surface area (TPSA) is 95.9 Å². The van der Waals surface area contributed by atoms with Crippen LogP contribution in [-0.2, 0) is 14.3 Å². The van der Waals surface area contributed by atoms with E-state index < -0.39 is 12.1 Å². The molecule has 2 unspecified atom stereocenters. The summed E-state index contributed by atoms with van der Waals surface area (Å²) < 4.78 is 5.49. The molecular weight excluding hydrogens is 875 g/mol. The summed E-state index contributed by atoms with van der Waals surface area (Å²) in [6.07, 6.45) is 73.7. The number of aliphatic hydroxyl groups excluding tert-OH is 2. The van der Waals surface area contributed by atoms with Crippen LogP contribution >= 0.6 is 0 Å². The van der Waals surface area contributed by atoms with Gasteiger partial charge in [0.2, 0.25) is 5.91 Å². The minimum absolute atomic E-state index is 0.00790. The van der Waals surface area contributed by atoms with Crippen LogP contribution < -0.4 is 5.32 Å². The number of carbonyl (C=O) groups is 2. The Bertz CT molecular complexity index is 1060. The van der Waals surface area contributed by atoms with Gasteiger partial charge in [0.05, 0.1) is 25.4 Å². The SMILES string of the molecule is CCCCCCCCCCCCCCCCCCCCCCC(O)C(CO)NC(=O)CCCCCCCCC/C=C\CCCCCCCCCCOC(=O)CCCCCCCCCCCCCCCCC. The van der Waals surface area contributed by atoms with Gasteiger partial charge >= 0.3 is 5.97 Å². The van der Waals surface area contributed by atoms with Crippen molar-refractivity contribution in [3.05, 3.63) is 12.2 Å². The molecular formula is C65H127NO5. The number of unbranched alkanes of at least 4 members (excludes halogenated alkanes) is 48. The monoisotopic (exact) mass is 1000 g/mol. The fourth-order valence-electron chi connectivity index (χ4n) is 10.3. The lowest BCUT2D eigenvalue weighted by molar-refractivity contribution is -0.143. The largest absolute Gasteiger partial charge is 0.466 e. The second-order valence-electron chi connectivity index (χ2n) is 22.5. The van der Waals surface area contributed by atoms with Gasteiger partial charge in [-0.05, 0) is 51.4 Å². The number of hydrogen-bond acceptors (Lipinski definition) is 5. The first-order valence-corrected chi connectivity index (χ1v) is 32.4. The van der Waals surface area contributed by atoms with Crippen LogP contribution in [-0.4, -0.2) is 47.4 Å². The van der Waals surface area contributed by atoms with E-state index >= 15 is 0 Å². The van der Waals surface area contributed by atoms with Crippen LogP contribution in [0.5, 0.6) is 0 Å². The third kappa shape index (κ3) is 57.7. The molecule has 0 aromatic heterocycles. The highest BCUT2D eigenvalue weighted by Crippen LogP contribution is 2.18. The molecule has 6 heteroatoms. The number of rotatable bonds is 61. The molecule has 0 aliphatic rings. The van der Waals surface area contributed by atoms with Gasteiger partial charge in [-0.3, -0.25) is 9.59 Å². The molecule has 0 aliphatic carbocycles. The molecule has 0 rings (SSSR count). The van der Waals surface area contributed by atoms with Crippen LogP contribution in [0.2, 0.25) is 0 Å².